The summed E-state index contributed by atoms with van der Waals surface area (Å²) in [6.07, 6.45) is 22.3. The van der Waals surface area contributed by atoms with Gasteiger partial charge in [-0.1, -0.05) is 58.7 Å². The van der Waals surface area contributed by atoms with Crippen LogP contribution in [0.1, 0.15) is 99.3 Å². The van der Waals surface area contributed by atoms with Crippen LogP contribution in [0.2, 0.25) is 0 Å². The van der Waals surface area contributed by atoms with E-state index in [0.29, 0.717) is 18.6 Å². The molecule has 0 amide bonds. The van der Waals surface area contributed by atoms with Crippen LogP contribution in [0.25, 0.3) is 0 Å². The Balaban J connectivity index is 4.27. The second-order valence-corrected chi connectivity index (χ2v) is 8.57. The minimum atomic E-state index is -0.221. The molecule has 0 rings (SSSR count). The summed E-state index contributed by atoms with van der Waals surface area (Å²) in [5.41, 5.74) is 6.50. The number of unbranched alkanes of at least 4 members (excludes halogenated alkanes) is 1. The molecule has 174 valence electrons. The van der Waals surface area contributed by atoms with Gasteiger partial charge in [-0.2, -0.15) is 0 Å². The fourth-order valence-electron chi connectivity index (χ4n) is 3.20. The molecular formula is C29H46O2. The zero-order valence-corrected chi connectivity index (χ0v) is 21.1. The van der Waals surface area contributed by atoms with Crippen LogP contribution in [0.3, 0.4) is 0 Å². The van der Waals surface area contributed by atoms with Crippen LogP contribution in [0.5, 0.6) is 0 Å². The SMILES string of the molecule is C=CC/C(=C/CC/C=C(\C)CC/C=C(\C)CC/C=C(\C)CCC=C(C)C)C(=O)OCC. The third kappa shape index (κ3) is 17.3. The molecule has 0 aliphatic rings. The molecule has 0 aromatic rings. The van der Waals surface area contributed by atoms with Crippen molar-refractivity contribution in [1.82, 2.24) is 0 Å². The molecule has 31 heavy (non-hydrogen) atoms. The Kier molecular flexibility index (Phi) is 17.4. The van der Waals surface area contributed by atoms with Crippen LogP contribution in [-0.4, -0.2) is 12.6 Å². The highest BCUT2D eigenvalue weighted by atomic mass is 16.5. The topological polar surface area (TPSA) is 26.3 Å². The predicted octanol–water partition coefficient (Wildman–Crippen LogP) is 8.98. The maximum atomic E-state index is 11.9. The summed E-state index contributed by atoms with van der Waals surface area (Å²) in [5.74, 6) is -0.221. The lowest BCUT2D eigenvalue weighted by Crippen LogP contribution is -2.07. The minimum Gasteiger partial charge on any atom is -0.463 e. The lowest BCUT2D eigenvalue weighted by atomic mass is 10.0. The average molecular weight is 427 g/mol. The molecule has 2 heteroatoms. The third-order valence-electron chi connectivity index (χ3n) is 5.11. The van der Waals surface area contributed by atoms with E-state index in [1.54, 1.807) is 6.08 Å². The summed E-state index contributed by atoms with van der Waals surface area (Å²) in [5, 5.41) is 0. The molecule has 2 nitrogen and oxygen atoms in total. The lowest BCUT2D eigenvalue weighted by molar-refractivity contribution is -0.138. The summed E-state index contributed by atoms with van der Waals surface area (Å²) in [7, 11) is 0. The second kappa shape index (κ2) is 18.7. The first-order valence-electron chi connectivity index (χ1n) is 11.9. The average Bonchev–Trinajstić information content (AvgIpc) is 2.70. The molecule has 0 atom stereocenters. The molecule has 0 N–H and O–H groups in total. The highest BCUT2D eigenvalue weighted by Gasteiger charge is 2.07. The molecular weight excluding hydrogens is 380 g/mol. The third-order valence-corrected chi connectivity index (χ3v) is 5.11. The van der Waals surface area contributed by atoms with Crippen molar-refractivity contribution in [3.63, 3.8) is 0 Å². The van der Waals surface area contributed by atoms with Crippen LogP contribution >= 0.6 is 0 Å². The Morgan fingerprint density at radius 1 is 0.710 bits per heavy atom. The summed E-state index contributed by atoms with van der Waals surface area (Å²) >= 11 is 0. The van der Waals surface area contributed by atoms with Gasteiger partial charge < -0.3 is 4.74 Å². The number of rotatable bonds is 16. The number of hydrogen-bond donors (Lipinski definition) is 0. The Bertz CT molecular complexity index is 680. The second-order valence-electron chi connectivity index (χ2n) is 8.57. The molecule has 0 radical (unpaired) electrons. The van der Waals surface area contributed by atoms with E-state index in [1.807, 2.05) is 13.0 Å². The van der Waals surface area contributed by atoms with Gasteiger partial charge in [-0.3, -0.25) is 0 Å². The molecule has 0 unspecified atom stereocenters. The van der Waals surface area contributed by atoms with E-state index in [9.17, 15) is 4.79 Å². The van der Waals surface area contributed by atoms with E-state index >= 15 is 0 Å². The maximum Gasteiger partial charge on any atom is 0.333 e. The van der Waals surface area contributed by atoms with E-state index in [1.165, 1.54) is 28.7 Å². The van der Waals surface area contributed by atoms with E-state index in [-0.39, 0.29) is 5.97 Å². The van der Waals surface area contributed by atoms with Gasteiger partial charge in [0.05, 0.1) is 6.61 Å². The Morgan fingerprint density at radius 2 is 1.16 bits per heavy atom. The largest absolute Gasteiger partial charge is 0.463 e. The predicted molar refractivity (Wildman–Crippen MR) is 137 cm³/mol. The van der Waals surface area contributed by atoms with Crippen molar-refractivity contribution in [2.75, 3.05) is 6.61 Å². The Labute approximate surface area is 192 Å². The van der Waals surface area contributed by atoms with Crippen LogP contribution in [0.15, 0.2) is 70.9 Å². The van der Waals surface area contributed by atoms with Crippen molar-refractivity contribution >= 4 is 5.97 Å². The van der Waals surface area contributed by atoms with Gasteiger partial charge in [-0.25, -0.2) is 4.79 Å². The van der Waals surface area contributed by atoms with Crippen molar-refractivity contribution in [3.05, 3.63) is 70.9 Å². The first-order valence-corrected chi connectivity index (χ1v) is 11.9. The molecule has 0 spiro atoms. The fourth-order valence-corrected chi connectivity index (χ4v) is 3.20. The van der Waals surface area contributed by atoms with E-state index in [4.69, 9.17) is 4.74 Å². The van der Waals surface area contributed by atoms with E-state index in [0.717, 1.165) is 44.9 Å². The molecule has 0 heterocycles. The Morgan fingerprint density at radius 3 is 1.61 bits per heavy atom. The van der Waals surface area contributed by atoms with Crippen LogP contribution < -0.4 is 0 Å². The van der Waals surface area contributed by atoms with Crippen molar-refractivity contribution in [2.24, 2.45) is 0 Å². The zero-order valence-electron chi connectivity index (χ0n) is 21.1. The van der Waals surface area contributed by atoms with Crippen molar-refractivity contribution < 1.29 is 9.53 Å². The van der Waals surface area contributed by atoms with Gasteiger partial charge in [0.1, 0.15) is 0 Å². The number of ether oxygens (including phenoxy) is 1. The van der Waals surface area contributed by atoms with Gasteiger partial charge in [0, 0.05) is 5.57 Å². The van der Waals surface area contributed by atoms with Crippen molar-refractivity contribution in [1.29, 1.82) is 0 Å². The normalized spacial score (nSPS) is 13.2. The first kappa shape index (κ1) is 28.9. The van der Waals surface area contributed by atoms with Crippen LogP contribution in [-0.2, 0) is 9.53 Å². The molecule has 0 saturated heterocycles. The Hall–Kier alpha value is -2.09. The number of carbonyl (C=O) groups is 1. The summed E-state index contributed by atoms with van der Waals surface area (Å²) < 4.78 is 5.09. The molecule has 0 aliphatic carbocycles. The number of allylic oxidation sites excluding steroid dienone is 10. The highest BCUT2D eigenvalue weighted by molar-refractivity contribution is 5.88. The van der Waals surface area contributed by atoms with Crippen molar-refractivity contribution in [3.8, 4) is 0 Å². The fraction of sp³-hybridized carbons (Fsp3) is 0.552. The smallest absolute Gasteiger partial charge is 0.333 e. The first-order chi connectivity index (χ1) is 14.8. The summed E-state index contributed by atoms with van der Waals surface area (Å²) in [6, 6.07) is 0. The number of esters is 1. The number of carbonyl (C=O) groups excluding carboxylic acids is 1. The molecule has 0 saturated carbocycles. The summed E-state index contributed by atoms with van der Waals surface area (Å²) in [6.45, 7) is 17.0. The molecule has 0 fully saturated rings. The molecule has 0 aromatic heterocycles. The zero-order chi connectivity index (χ0) is 23.5. The summed E-state index contributed by atoms with van der Waals surface area (Å²) in [4.78, 5) is 11.9. The van der Waals surface area contributed by atoms with Crippen molar-refractivity contribution in [2.45, 2.75) is 99.3 Å². The van der Waals surface area contributed by atoms with Gasteiger partial charge in [-0.15, -0.1) is 6.58 Å². The standard InChI is InChI=1S/C29H46O2/c1-8-15-28(29(30)31-9-2)23-11-10-17-25(5)19-13-21-27(7)22-14-20-26(6)18-12-16-24(3)4/h8,16-17,20-21,23H,1,9-15,18-19,22H2,2-7H3/b25-17+,26-20+,27-21+,28-23-. The van der Waals surface area contributed by atoms with Crippen LogP contribution in [0.4, 0.5) is 0 Å². The monoisotopic (exact) mass is 426 g/mol. The highest BCUT2D eigenvalue weighted by Crippen LogP contribution is 2.14. The maximum absolute atomic E-state index is 11.9. The minimum absolute atomic E-state index is 0.221. The molecule has 0 aliphatic heterocycles. The van der Waals surface area contributed by atoms with Crippen LogP contribution in [0, 0.1) is 0 Å². The number of hydrogen-bond acceptors (Lipinski definition) is 2. The van der Waals surface area contributed by atoms with E-state index < -0.39 is 0 Å². The van der Waals surface area contributed by atoms with Gasteiger partial charge in [0.2, 0.25) is 0 Å². The quantitative estimate of drug-likeness (QED) is 0.106. The van der Waals surface area contributed by atoms with Gasteiger partial charge in [0.25, 0.3) is 0 Å². The molecule has 0 aromatic carbocycles. The van der Waals surface area contributed by atoms with Gasteiger partial charge in [0.15, 0.2) is 0 Å². The van der Waals surface area contributed by atoms with Gasteiger partial charge in [-0.05, 0) is 99.3 Å². The van der Waals surface area contributed by atoms with E-state index in [2.05, 4.69) is 65.5 Å². The lowest BCUT2D eigenvalue weighted by Gasteiger charge is -2.04. The molecule has 0 bridgehead atoms. The van der Waals surface area contributed by atoms with Gasteiger partial charge >= 0.3 is 5.97 Å².